The van der Waals surface area contributed by atoms with Gasteiger partial charge in [0.2, 0.25) is 5.91 Å². The van der Waals surface area contributed by atoms with Crippen LogP contribution in [0.3, 0.4) is 0 Å². The summed E-state index contributed by atoms with van der Waals surface area (Å²) in [6, 6.07) is 6.59. The molecule has 2 aliphatic rings. The summed E-state index contributed by atoms with van der Waals surface area (Å²) >= 11 is 0. The van der Waals surface area contributed by atoms with Gasteiger partial charge in [-0.3, -0.25) is 9.79 Å². The van der Waals surface area contributed by atoms with Crippen LogP contribution < -0.4 is 20.7 Å². The van der Waals surface area contributed by atoms with Gasteiger partial charge in [-0.05, 0) is 31.4 Å². The first-order valence-electron chi connectivity index (χ1n) is 11.2. The Morgan fingerprint density at radius 2 is 2.00 bits per heavy atom. The molecule has 8 heteroatoms. The van der Waals surface area contributed by atoms with E-state index in [0.717, 1.165) is 37.2 Å². The van der Waals surface area contributed by atoms with Gasteiger partial charge < -0.3 is 25.4 Å². The summed E-state index contributed by atoms with van der Waals surface area (Å²) in [5, 5.41) is 9.70. The van der Waals surface area contributed by atoms with E-state index in [4.69, 9.17) is 9.47 Å². The Balaban J connectivity index is 0.00000341. The second-order valence-electron chi connectivity index (χ2n) is 8.22. The number of aliphatic imine (C=N–C) groups is 1. The van der Waals surface area contributed by atoms with Gasteiger partial charge in [-0.15, -0.1) is 24.0 Å². The molecule has 1 aliphatic heterocycles. The lowest BCUT2D eigenvalue weighted by molar-refractivity contribution is -0.121. The van der Waals surface area contributed by atoms with Crippen LogP contribution in [0.2, 0.25) is 0 Å². The van der Waals surface area contributed by atoms with Crippen molar-refractivity contribution < 1.29 is 14.3 Å². The zero-order valence-electron chi connectivity index (χ0n) is 18.7. The number of ether oxygens (including phenoxy) is 2. The fraction of sp³-hybridized carbons (Fsp3) is 0.652. The second kappa shape index (κ2) is 13.8. The molecule has 1 aliphatic carbocycles. The van der Waals surface area contributed by atoms with Crippen LogP contribution in [-0.2, 0) is 16.1 Å². The molecule has 0 spiro atoms. The fourth-order valence-electron chi connectivity index (χ4n) is 3.94. The highest BCUT2D eigenvalue weighted by molar-refractivity contribution is 14.0. The summed E-state index contributed by atoms with van der Waals surface area (Å²) in [7, 11) is 1.74. The number of guanidine groups is 1. The molecule has 1 heterocycles. The van der Waals surface area contributed by atoms with Crippen LogP contribution >= 0.6 is 24.0 Å². The Kier molecular flexibility index (Phi) is 11.4. The Morgan fingerprint density at radius 3 is 2.71 bits per heavy atom. The molecule has 1 unspecified atom stereocenters. The molecule has 1 saturated carbocycles. The number of hydrogen-bond donors (Lipinski definition) is 3. The van der Waals surface area contributed by atoms with Crippen LogP contribution in [0.25, 0.3) is 0 Å². The number of carbonyl (C=O) groups is 1. The molecule has 1 atom stereocenters. The van der Waals surface area contributed by atoms with Gasteiger partial charge in [-0.1, -0.05) is 31.4 Å². The number of nitrogens with one attached hydrogen (secondary N) is 3. The average Bonchev–Trinajstić information content (AvgIpc) is 3.25. The maximum absolute atomic E-state index is 12.2. The van der Waals surface area contributed by atoms with Crippen molar-refractivity contribution in [1.82, 2.24) is 16.0 Å². The lowest BCUT2D eigenvalue weighted by Crippen LogP contribution is -2.41. The topological polar surface area (TPSA) is 84.0 Å². The highest BCUT2D eigenvalue weighted by Crippen LogP contribution is 2.23. The minimum absolute atomic E-state index is 0. The second-order valence-corrected chi connectivity index (χ2v) is 8.22. The van der Waals surface area contributed by atoms with E-state index in [1.54, 1.807) is 7.05 Å². The van der Waals surface area contributed by atoms with E-state index >= 15 is 0 Å². The Hall–Kier alpha value is -1.55. The Bertz CT molecular complexity index is 717. The zero-order valence-corrected chi connectivity index (χ0v) is 21.1. The van der Waals surface area contributed by atoms with Gasteiger partial charge in [0.25, 0.3) is 0 Å². The maximum Gasteiger partial charge on any atom is 0.221 e. The number of amides is 1. The summed E-state index contributed by atoms with van der Waals surface area (Å²) in [5.74, 6) is 1.68. The van der Waals surface area contributed by atoms with Crippen LogP contribution in [0.1, 0.15) is 56.1 Å². The van der Waals surface area contributed by atoms with Gasteiger partial charge in [0, 0.05) is 44.6 Å². The minimum atomic E-state index is 0. The van der Waals surface area contributed by atoms with Gasteiger partial charge in [0.05, 0.1) is 13.2 Å². The van der Waals surface area contributed by atoms with E-state index in [1.165, 1.54) is 24.8 Å². The van der Waals surface area contributed by atoms with Crippen LogP contribution in [-0.4, -0.2) is 50.8 Å². The number of carbonyl (C=O) groups excluding carboxylic acids is 1. The lowest BCUT2D eigenvalue weighted by Gasteiger charge is -2.22. The molecular formula is C23H37IN4O3. The highest BCUT2D eigenvalue weighted by atomic mass is 127. The van der Waals surface area contributed by atoms with Crippen LogP contribution in [0.5, 0.6) is 5.75 Å². The SMILES string of the molecule is CN=C(NCCC(=O)NC1CCCCC1)NCc1ccc(C)cc1OC1CCOC1.I. The van der Waals surface area contributed by atoms with Crippen molar-refractivity contribution in [2.24, 2.45) is 4.99 Å². The summed E-state index contributed by atoms with van der Waals surface area (Å²) in [6.45, 7) is 4.61. The van der Waals surface area contributed by atoms with Crippen molar-refractivity contribution in [3.05, 3.63) is 29.3 Å². The molecule has 0 bridgehead atoms. The summed E-state index contributed by atoms with van der Waals surface area (Å²) in [6.07, 6.45) is 7.43. The van der Waals surface area contributed by atoms with Crippen LogP contribution in [0.15, 0.2) is 23.2 Å². The van der Waals surface area contributed by atoms with Gasteiger partial charge in [0.1, 0.15) is 11.9 Å². The highest BCUT2D eigenvalue weighted by Gasteiger charge is 2.19. The average molecular weight is 544 g/mol. The van der Waals surface area contributed by atoms with Gasteiger partial charge in [0.15, 0.2) is 5.96 Å². The predicted molar refractivity (Wildman–Crippen MR) is 134 cm³/mol. The molecule has 1 aromatic rings. The molecule has 3 rings (SSSR count). The van der Waals surface area contributed by atoms with Crippen LogP contribution in [0.4, 0.5) is 0 Å². The number of aryl methyl sites for hydroxylation is 1. The first-order valence-corrected chi connectivity index (χ1v) is 11.2. The Morgan fingerprint density at radius 1 is 1.19 bits per heavy atom. The zero-order chi connectivity index (χ0) is 21.2. The standard InChI is InChI=1S/C23H36N4O3.HI/c1-17-8-9-18(21(14-17)30-20-11-13-29-16-20)15-26-23(24-2)25-12-10-22(28)27-19-6-4-3-5-7-19;/h8-9,14,19-20H,3-7,10-13,15-16H2,1-2H3,(H,27,28)(H2,24,25,26);1H. The third-order valence-electron chi connectivity index (χ3n) is 5.69. The normalized spacial score (nSPS) is 19.4. The molecule has 31 heavy (non-hydrogen) atoms. The number of nitrogens with zero attached hydrogens (tertiary/aromatic N) is 1. The van der Waals surface area contributed by atoms with Gasteiger partial charge in [-0.25, -0.2) is 0 Å². The molecule has 1 aromatic carbocycles. The minimum Gasteiger partial charge on any atom is -0.488 e. The molecule has 2 fully saturated rings. The van der Waals surface area contributed by atoms with E-state index in [1.807, 2.05) is 0 Å². The molecule has 1 amide bonds. The van der Waals surface area contributed by atoms with Crippen molar-refractivity contribution in [2.45, 2.75) is 70.6 Å². The van der Waals surface area contributed by atoms with Crippen molar-refractivity contribution in [1.29, 1.82) is 0 Å². The van der Waals surface area contributed by atoms with Gasteiger partial charge in [-0.2, -0.15) is 0 Å². The predicted octanol–water partition coefficient (Wildman–Crippen LogP) is 3.28. The Labute approximate surface area is 203 Å². The quantitative estimate of drug-likeness (QED) is 0.266. The summed E-state index contributed by atoms with van der Waals surface area (Å²) < 4.78 is 11.6. The van der Waals surface area contributed by atoms with Crippen molar-refractivity contribution in [3.8, 4) is 5.75 Å². The largest absolute Gasteiger partial charge is 0.488 e. The smallest absolute Gasteiger partial charge is 0.221 e. The molecule has 0 aromatic heterocycles. The monoisotopic (exact) mass is 544 g/mol. The van der Waals surface area contributed by atoms with Crippen molar-refractivity contribution in [2.75, 3.05) is 26.8 Å². The number of halogens is 1. The van der Waals surface area contributed by atoms with E-state index in [0.29, 0.717) is 38.1 Å². The molecular weight excluding hydrogens is 507 g/mol. The van der Waals surface area contributed by atoms with E-state index in [-0.39, 0.29) is 36.0 Å². The molecule has 3 N–H and O–H groups in total. The van der Waals surface area contributed by atoms with Crippen molar-refractivity contribution in [3.63, 3.8) is 0 Å². The number of hydrogen-bond acceptors (Lipinski definition) is 4. The number of benzene rings is 1. The number of rotatable bonds is 8. The van der Waals surface area contributed by atoms with Crippen molar-refractivity contribution >= 4 is 35.8 Å². The lowest BCUT2D eigenvalue weighted by atomic mass is 9.95. The first-order chi connectivity index (χ1) is 14.6. The van der Waals surface area contributed by atoms with E-state index in [2.05, 4.69) is 46.1 Å². The van der Waals surface area contributed by atoms with Gasteiger partial charge >= 0.3 is 0 Å². The fourth-order valence-corrected chi connectivity index (χ4v) is 3.94. The molecule has 1 saturated heterocycles. The first kappa shape index (κ1) is 25.7. The summed E-state index contributed by atoms with van der Waals surface area (Å²) in [4.78, 5) is 16.4. The molecule has 0 radical (unpaired) electrons. The van der Waals surface area contributed by atoms with E-state index < -0.39 is 0 Å². The van der Waals surface area contributed by atoms with E-state index in [9.17, 15) is 4.79 Å². The van der Waals surface area contributed by atoms with Crippen LogP contribution in [0, 0.1) is 6.92 Å². The third-order valence-corrected chi connectivity index (χ3v) is 5.69. The summed E-state index contributed by atoms with van der Waals surface area (Å²) in [5.41, 5.74) is 2.24. The molecule has 7 nitrogen and oxygen atoms in total. The third kappa shape index (κ3) is 8.84. The molecule has 174 valence electrons. The maximum atomic E-state index is 12.2.